The van der Waals surface area contributed by atoms with Crippen molar-refractivity contribution in [3.8, 4) is 5.75 Å². The number of hydrogen-bond donors (Lipinski definition) is 2. The molecule has 2 aromatic rings. The van der Waals surface area contributed by atoms with Gasteiger partial charge in [-0.05, 0) is 30.7 Å². The molecular formula is C18H21NO3. The van der Waals surface area contributed by atoms with E-state index in [1.807, 2.05) is 43.3 Å². The number of aliphatic hydroxyl groups is 1. The molecule has 0 heterocycles. The lowest BCUT2D eigenvalue weighted by Gasteiger charge is -2.12. The normalized spacial score (nSPS) is 11.7. The van der Waals surface area contributed by atoms with Gasteiger partial charge in [-0.3, -0.25) is 4.79 Å². The molecule has 0 unspecified atom stereocenters. The van der Waals surface area contributed by atoms with Crippen molar-refractivity contribution < 1.29 is 14.6 Å². The van der Waals surface area contributed by atoms with Gasteiger partial charge in [0, 0.05) is 18.5 Å². The van der Waals surface area contributed by atoms with Gasteiger partial charge in [0.1, 0.15) is 5.75 Å². The molecule has 0 spiro atoms. The van der Waals surface area contributed by atoms with Crippen molar-refractivity contribution >= 4 is 5.91 Å². The van der Waals surface area contributed by atoms with Crippen LogP contribution in [-0.2, 0) is 6.42 Å². The molecule has 2 N–H and O–H groups in total. The van der Waals surface area contributed by atoms with E-state index in [-0.39, 0.29) is 12.5 Å². The molecular weight excluding hydrogens is 278 g/mol. The smallest absolute Gasteiger partial charge is 0.251 e. The molecule has 1 amide bonds. The summed E-state index contributed by atoms with van der Waals surface area (Å²) in [7, 11) is 0. The first-order valence-electron chi connectivity index (χ1n) is 7.42. The third kappa shape index (κ3) is 4.90. The molecule has 4 heteroatoms. The van der Waals surface area contributed by atoms with Crippen molar-refractivity contribution in [2.24, 2.45) is 0 Å². The Kier molecular flexibility index (Phi) is 5.98. The molecule has 22 heavy (non-hydrogen) atoms. The first-order valence-corrected chi connectivity index (χ1v) is 7.42. The summed E-state index contributed by atoms with van der Waals surface area (Å²) in [5.74, 6) is 0.452. The molecule has 4 nitrogen and oxygen atoms in total. The zero-order valence-corrected chi connectivity index (χ0v) is 12.7. The number of carbonyl (C=O) groups is 1. The van der Waals surface area contributed by atoms with Crippen LogP contribution in [0.4, 0.5) is 0 Å². The Bertz CT molecular complexity index is 598. The maximum Gasteiger partial charge on any atom is 0.251 e. The maximum atomic E-state index is 12.1. The molecule has 0 aliphatic rings. The minimum Gasteiger partial charge on any atom is -0.494 e. The highest BCUT2D eigenvalue weighted by molar-refractivity contribution is 5.94. The van der Waals surface area contributed by atoms with E-state index in [2.05, 4.69) is 5.32 Å². The van der Waals surface area contributed by atoms with Gasteiger partial charge in [-0.2, -0.15) is 0 Å². The zero-order valence-electron chi connectivity index (χ0n) is 12.7. The molecule has 2 aromatic carbocycles. The highest BCUT2D eigenvalue weighted by Gasteiger charge is 2.10. The predicted octanol–water partition coefficient (Wildman–Crippen LogP) is 2.42. The van der Waals surface area contributed by atoms with Crippen LogP contribution in [0.3, 0.4) is 0 Å². The van der Waals surface area contributed by atoms with E-state index >= 15 is 0 Å². The number of benzene rings is 2. The number of ether oxygens (including phenoxy) is 1. The lowest BCUT2D eigenvalue weighted by Crippen LogP contribution is -2.33. The van der Waals surface area contributed by atoms with Gasteiger partial charge in [0.05, 0.1) is 12.7 Å². The number of amides is 1. The van der Waals surface area contributed by atoms with E-state index in [1.165, 1.54) is 0 Å². The Morgan fingerprint density at radius 1 is 1.18 bits per heavy atom. The van der Waals surface area contributed by atoms with Crippen LogP contribution in [0.5, 0.6) is 5.75 Å². The number of aliphatic hydroxyl groups excluding tert-OH is 1. The van der Waals surface area contributed by atoms with Crippen LogP contribution in [0.1, 0.15) is 22.8 Å². The second-order valence-corrected chi connectivity index (χ2v) is 5.01. The van der Waals surface area contributed by atoms with Gasteiger partial charge in [0.2, 0.25) is 0 Å². The summed E-state index contributed by atoms with van der Waals surface area (Å²) in [5.41, 5.74) is 1.57. The van der Waals surface area contributed by atoms with E-state index in [0.29, 0.717) is 24.3 Å². The second kappa shape index (κ2) is 8.20. The van der Waals surface area contributed by atoms with Crippen LogP contribution >= 0.6 is 0 Å². The minimum atomic E-state index is -0.610. The Morgan fingerprint density at radius 2 is 1.95 bits per heavy atom. The van der Waals surface area contributed by atoms with E-state index in [4.69, 9.17) is 4.74 Å². The Hall–Kier alpha value is -2.33. The molecule has 0 aliphatic heterocycles. The van der Waals surface area contributed by atoms with E-state index in [1.54, 1.807) is 18.2 Å². The van der Waals surface area contributed by atoms with Gasteiger partial charge in [-0.1, -0.05) is 36.4 Å². The zero-order chi connectivity index (χ0) is 15.8. The molecule has 1 atom stereocenters. The molecule has 0 aliphatic carbocycles. The van der Waals surface area contributed by atoms with Crippen molar-refractivity contribution in [1.29, 1.82) is 0 Å². The predicted molar refractivity (Wildman–Crippen MR) is 86.1 cm³/mol. The van der Waals surface area contributed by atoms with Crippen LogP contribution in [0.2, 0.25) is 0 Å². The third-order valence-electron chi connectivity index (χ3n) is 3.22. The molecule has 0 aromatic heterocycles. The average molecular weight is 299 g/mol. The minimum absolute atomic E-state index is 0.214. The molecule has 0 fully saturated rings. The maximum absolute atomic E-state index is 12.1. The summed E-state index contributed by atoms with van der Waals surface area (Å²) < 4.78 is 5.37. The summed E-state index contributed by atoms with van der Waals surface area (Å²) in [4.78, 5) is 12.1. The molecule has 0 saturated heterocycles. The van der Waals surface area contributed by atoms with Gasteiger partial charge < -0.3 is 15.2 Å². The van der Waals surface area contributed by atoms with Crippen LogP contribution in [0, 0.1) is 0 Å². The van der Waals surface area contributed by atoms with Gasteiger partial charge in [0.15, 0.2) is 0 Å². The molecule has 2 rings (SSSR count). The average Bonchev–Trinajstić information content (AvgIpc) is 2.54. The second-order valence-electron chi connectivity index (χ2n) is 5.01. The molecule has 0 saturated carbocycles. The lowest BCUT2D eigenvalue weighted by atomic mass is 10.1. The largest absolute Gasteiger partial charge is 0.494 e. The van der Waals surface area contributed by atoms with Gasteiger partial charge in [-0.15, -0.1) is 0 Å². The Balaban J connectivity index is 1.85. The molecule has 0 radical (unpaired) electrons. The summed E-state index contributed by atoms with van der Waals surface area (Å²) >= 11 is 0. The van der Waals surface area contributed by atoms with Crippen molar-refractivity contribution in [2.45, 2.75) is 19.4 Å². The fourth-order valence-corrected chi connectivity index (χ4v) is 2.16. The summed E-state index contributed by atoms with van der Waals surface area (Å²) in [6.07, 6.45) is -0.0958. The first-order chi connectivity index (χ1) is 10.7. The van der Waals surface area contributed by atoms with Crippen molar-refractivity contribution in [2.75, 3.05) is 13.2 Å². The van der Waals surface area contributed by atoms with E-state index in [0.717, 1.165) is 5.56 Å². The van der Waals surface area contributed by atoms with E-state index in [9.17, 15) is 9.90 Å². The number of hydrogen-bond acceptors (Lipinski definition) is 3. The summed E-state index contributed by atoms with van der Waals surface area (Å²) in [6, 6.07) is 16.7. The Labute approximate surface area is 130 Å². The summed E-state index contributed by atoms with van der Waals surface area (Å²) in [5, 5.41) is 12.7. The fourth-order valence-electron chi connectivity index (χ4n) is 2.16. The number of carbonyl (C=O) groups excluding carboxylic acids is 1. The summed E-state index contributed by atoms with van der Waals surface area (Å²) in [6.45, 7) is 2.67. The van der Waals surface area contributed by atoms with Crippen molar-refractivity contribution in [3.05, 3.63) is 65.7 Å². The fraction of sp³-hybridized carbons (Fsp3) is 0.278. The van der Waals surface area contributed by atoms with Crippen molar-refractivity contribution in [1.82, 2.24) is 5.32 Å². The quantitative estimate of drug-likeness (QED) is 0.825. The lowest BCUT2D eigenvalue weighted by molar-refractivity contribution is 0.0915. The number of nitrogens with one attached hydrogen (secondary N) is 1. The SMILES string of the molecule is CCOc1cccc(C(=O)NC[C@@H](O)Cc2ccccc2)c1. The van der Waals surface area contributed by atoms with Gasteiger partial charge >= 0.3 is 0 Å². The van der Waals surface area contributed by atoms with E-state index < -0.39 is 6.10 Å². The molecule has 116 valence electrons. The first kappa shape index (κ1) is 16.0. The highest BCUT2D eigenvalue weighted by atomic mass is 16.5. The van der Waals surface area contributed by atoms with Crippen LogP contribution in [-0.4, -0.2) is 30.3 Å². The van der Waals surface area contributed by atoms with Crippen LogP contribution < -0.4 is 10.1 Å². The third-order valence-corrected chi connectivity index (χ3v) is 3.22. The topological polar surface area (TPSA) is 58.6 Å². The highest BCUT2D eigenvalue weighted by Crippen LogP contribution is 2.13. The van der Waals surface area contributed by atoms with Gasteiger partial charge in [0.25, 0.3) is 5.91 Å². The van der Waals surface area contributed by atoms with Gasteiger partial charge in [-0.25, -0.2) is 0 Å². The van der Waals surface area contributed by atoms with Crippen molar-refractivity contribution in [3.63, 3.8) is 0 Å². The Morgan fingerprint density at radius 3 is 2.68 bits per heavy atom. The standard InChI is InChI=1S/C18H21NO3/c1-2-22-17-10-6-9-15(12-17)18(21)19-13-16(20)11-14-7-4-3-5-8-14/h3-10,12,16,20H,2,11,13H2,1H3,(H,19,21)/t16-/m0/s1. The molecule has 0 bridgehead atoms. The van der Waals surface area contributed by atoms with Crippen LogP contribution in [0.25, 0.3) is 0 Å². The monoisotopic (exact) mass is 299 g/mol. The van der Waals surface area contributed by atoms with Crippen LogP contribution in [0.15, 0.2) is 54.6 Å². The number of rotatable bonds is 7.